The lowest BCUT2D eigenvalue weighted by Crippen LogP contribution is -2.44. The number of carbonyl (C=O) groups excluding carboxylic acids is 1. The van der Waals surface area contributed by atoms with E-state index in [1.165, 1.54) is 4.57 Å². The summed E-state index contributed by atoms with van der Waals surface area (Å²) in [5.41, 5.74) is 1.02. The lowest BCUT2D eigenvalue weighted by Gasteiger charge is -2.34. The van der Waals surface area contributed by atoms with Gasteiger partial charge in [-0.25, -0.2) is 18.6 Å². The van der Waals surface area contributed by atoms with Gasteiger partial charge in [-0.05, 0) is 44.2 Å². The van der Waals surface area contributed by atoms with E-state index in [4.69, 9.17) is 14.5 Å². The maximum absolute atomic E-state index is 14.1. The van der Waals surface area contributed by atoms with E-state index >= 15 is 0 Å². The normalized spacial score (nSPS) is 19.8. The lowest BCUT2D eigenvalue weighted by molar-refractivity contribution is 0.0847. The number of amides is 1. The van der Waals surface area contributed by atoms with Crippen molar-refractivity contribution in [1.29, 1.82) is 0 Å². The molecule has 1 amide bonds. The van der Waals surface area contributed by atoms with Crippen molar-refractivity contribution >= 4 is 28.9 Å². The molecule has 4 heterocycles. The highest BCUT2D eigenvalue weighted by Crippen LogP contribution is 2.30. The first-order valence-electron chi connectivity index (χ1n) is 14.1. The van der Waals surface area contributed by atoms with Gasteiger partial charge in [-0.1, -0.05) is 25.5 Å². The van der Waals surface area contributed by atoms with Crippen LogP contribution in [-0.4, -0.2) is 82.6 Å². The molecule has 2 aromatic heterocycles. The van der Waals surface area contributed by atoms with E-state index in [-0.39, 0.29) is 23.9 Å². The van der Waals surface area contributed by atoms with Crippen molar-refractivity contribution in [3.63, 3.8) is 0 Å². The van der Waals surface area contributed by atoms with Gasteiger partial charge in [0.05, 0.1) is 36.9 Å². The van der Waals surface area contributed by atoms with Gasteiger partial charge < -0.3 is 24.6 Å². The first kappa shape index (κ1) is 28.0. The number of anilines is 2. The topological polar surface area (TPSA) is 97.6 Å². The van der Waals surface area contributed by atoms with Crippen molar-refractivity contribution in [1.82, 2.24) is 24.4 Å². The maximum Gasteiger partial charge on any atom is 0.409 e. The number of likely N-dealkylation sites (tertiary alicyclic amines) is 1. The molecule has 1 N–H and O–H groups in total. The zero-order valence-corrected chi connectivity index (χ0v) is 23.1. The number of benzene rings is 1. The molecule has 2 fully saturated rings. The van der Waals surface area contributed by atoms with Crippen LogP contribution in [-0.2, 0) is 9.47 Å². The minimum atomic E-state index is -2.78. The number of unbranched alkanes of at least 4 members (excludes halogenated alkanes) is 1. The number of rotatable bonds is 9. The van der Waals surface area contributed by atoms with Crippen LogP contribution in [0, 0.1) is 5.92 Å². The SMILES string of the molecule is CCCCOC(=O)N1CCC[C@H](CNc2nc(N3CCOC[C@@H]3C)cc(-n3c(C(F)F)nc4ccccc43)n2)C1. The molecule has 2 atom stereocenters. The summed E-state index contributed by atoms with van der Waals surface area (Å²) in [5.74, 6) is 1.10. The Hall–Kier alpha value is -3.54. The molecular formula is C28H37F2N7O3. The molecule has 0 spiro atoms. The first-order chi connectivity index (χ1) is 19.4. The Kier molecular flexibility index (Phi) is 8.93. The molecule has 2 aliphatic heterocycles. The average Bonchev–Trinajstić information content (AvgIpc) is 3.37. The third-order valence-corrected chi connectivity index (χ3v) is 7.42. The number of imidazole rings is 1. The van der Waals surface area contributed by atoms with Crippen LogP contribution >= 0.6 is 0 Å². The van der Waals surface area contributed by atoms with Crippen molar-refractivity contribution in [2.75, 3.05) is 56.2 Å². The molecule has 0 saturated carbocycles. The summed E-state index contributed by atoms with van der Waals surface area (Å²) in [6.07, 6.45) is 0.590. The average molecular weight is 558 g/mol. The Morgan fingerprint density at radius 2 is 2.02 bits per heavy atom. The fourth-order valence-electron chi connectivity index (χ4n) is 5.29. The smallest absolute Gasteiger partial charge is 0.409 e. The number of alkyl halides is 2. The zero-order valence-electron chi connectivity index (χ0n) is 23.1. The number of para-hydroxylation sites is 2. The number of piperidine rings is 1. The Morgan fingerprint density at radius 3 is 2.83 bits per heavy atom. The van der Waals surface area contributed by atoms with Crippen molar-refractivity contribution in [2.45, 2.75) is 52.0 Å². The Labute approximate surface area is 232 Å². The molecule has 1 aromatic carbocycles. The van der Waals surface area contributed by atoms with Crippen molar-refractivity contribution < 1.29 is 23.0 Å². The Morgan fingerprint density at radius 1 is 1.20 bits per heavy atom. The Bertz CT molecular complexity index is 1300. The van der Waals surface area contributed by atoms with E-state index in [0.29, 0.717) is 74.6 Å². The second-order valence-corrected chi connectivity index (χ2v) is 10.4. The number of morpholine rings is 1. The van der Waals surface area contributed by atoms with Gasteiger partial charge in [0, 0.05) is 32.2 Å². The summed E-state index contributed by atoms with van der Waals surface area (Å²) in [4.78, 5) is 30.0. The van der Waals surface area contributed by atoms with Crippen LogP contribution in [0.4, 0.5) is 25.3 Å². The fourth-order valence-corrected chi connectivity index (χ4v) is 5.29. The van der Waals surface area contributed by atoms with Gasteiger partial charge in [-0.3, -0.25) is 4.57 Å². The Balaban J connectivity index is 1.42. The van der Waals surface area contributed by atoms with Crippen LogP contribution in [0.5, 0.6) is 0 Å². The van der Waals surface area contributed by atoms with E-state index in [9.17, 15) is 13.6 Å². The standard InChI is InChI=1S/C28H37F2N7O3/c1-3-4-13-40-28(38)35-11-7-8-20(17-35)16-31-27-33-23(36-12-14-39-18-19(36)2)15-24(34-27)37-22-10-6-5-9-21(22)32-26(37)25(29)30/h5-6,9-10,15,19-20,25H,3-4,7-8,11-14,16-18H2,1-2H3,(H,31,33,34)/t19-,20+/m0/s1. The van der Waals surface area contributed by atoms with Gasteiger partial charge in [0.15, 0.2) is 5.82 Å². The number of nitrogens with zero attached hydrogens (tertiary/aromatic N) is 6. The third kappa shape index (κ3) is 6.27. The number of fused-ring (bicyclic) bond motifs is 1. The summed E-state index contributed by atoms with van der Waals surface area (Å²) in [5, 5.41) is 3.34. The minimum Gasteiger partial charge on any atom is -0.449 e. The number of nitrogens with one attached hydrogen (secondary N) is 1. The highest BCUT2D eigenvalue weighted by atomic mass is 19.3. The maximum atomic E-state index is 14.1. The molecule has 0 bridgehead atoms. The van der Waals surface area contributed by atoms with Crippen LogP contribution in [0.3, 0.4) is 0 Å². The molecule has 12 heteroatoms. The van der Waals surface area contributed by atoms with Crippen molar-refractivity contribution in [3.05, 3.63) is 36.2 Å². The number of ether oxygens (including phenoxy) is 2. The highest BCUT2D eigenvalue weighted by Gasteiger charge is 2.27. The van der Waals surface area contributed by atoms with E-state index in [0.717, 1.165) is 25.7 Å². The molecule has 10 nitrogen and oxygen atoms in total. The second kappa shape index (κ2) is 12.8. The van der Waals surface area contributed by atoms with E-state index < -0.39 is 6.43 Å². The van der Waals surface area contributed by atoms with E-state index in [1.54, 1.807) is 35.2 Å². The van der Waals surface area contributed by atoms with Gasteiger partial charge in [0.1, 0.15) is 11.6 Å². The molecule has 2 aliphatic rings. The largest absolute Gasteiger partial charge is 0.449 e. The number of aromatic nitrogens is 4. The van der Waals surface area contributed by atoms with Gasteiger partial charge >= 0.3 is 6.09 Å². The number of halogens is 2. The van der Waals surface area contributed by atoms with Gasteiger partial charge in [-0.2, -0.15) is 9.97 Å². The van der Waals surface area contributed by atoms with Crippen LogP contribution < -0.4 is 10.2 Å². The summed E-state index contributed by atoms with van der Waals surface area (Å²) in [6.45, 7) is 8.04. The quantitative estimate of drug-likeness (QED) is 0.366. The molecule has 216 valence electrons. The highest BCUT2D eigenvalue weighted by molar-refractivity contribution is 5.78. The number of carbonyl (C=O) groups is 1. The summed E-state index contributed by atoms with van der Waals surface area (Å²) in [7, 11) is 0. The van der Waals surface area contributed by atoms with Gasteiger partial charge in [0.25, 0.3) is 6.43 Å². The molecular weight excluding hydrogens is 520 g/mol. The predicted molar refractivity (Wildman–Crippen MR) is 148 cm³/mol. The van der Waals surface area contributed by atoms with E-state index in [2.05, 4.69) is 27.1 Å². The molecule has 5 rings (SSSR count). The third-order valence-electron chi connectivity index (χ3n) is 7.42. The summed E-state index contributed by atoms with van der Waals surface area (Å²) >= 11 is 0. The van der Waals surface area contributed by atoms with Crippen molar-refractivity contribution in [3.8, 4) is 5.82 Å². The number of hydrogen-bond acceptors (Lipinski definition) is 8. The predicted octanol–water partition coefficient (Wildman–Crippen LogP) is 5.04. The fraction of sp³-hybridized carbons (Fsp3) is 0.571. The molecule has 0 unspecified atom stereocenters. The van der Waals surface area contributed by atoms with Crippen LogP contribution in [0.15, 0.2) is 30.3 Å². The summed E-state index contributed by atoms with van der Waals surface area (Å²) in [6, 6.07) is 8.84. The summed E-state index contributed by atoms with van der Waals surface area (Å²) < 4.78 is 40.7. The van der Waals surface area contributed by atoms with Crippen molar-refractivity contribution in [2.24, 2.45) is 5.92 Å². The minimum absolute atomic E-state index is 0.0593. The second-order valence-electron chi connectivity index (χ2n) is 10.4. The molecule has 3 aromatic rings. The monoisotopic (exact) mass is 557 g/mol. The lowest BCUT2D eigenvalue weighted by atomic mass is 9.98. The number of hydrogen-bond donors (Lipinski definition) is 1. The van der Waals surface area contributed by atoms with Gasteiger partial charge in [-0.15, -0.1) is 0 Å². The molecule has 0 aliphatic carbocycles. The zero-order chi connectivity index (χ0) is 28.1. The van der Waals surface area contributed by atoms with Crippen LogP contribution in [0.1, 0.15) is 51.8 Å². The van der Waals surface area contributed by atoms with Crippen LogP contribution in [0.25, 0.3) is 16.9 Å². The molecule has 40 heavy (non-hydrogen) atoms. The molecule has 2 saturated heterocycles. The van der Waals surface area contributed by atoms with Gasteiger partial charge in [0.2, 0.25) is 5.95 Å². The van der Waals surface area contributed by atoms with E-state index in [1.807, 2.05) is 6.92 Å². The van der Waals surface area contributed by atoms with Crippen LogP contribution in [0.2, 0.25) is 0 Å². The molecule has 0 radical (unpaired) electrons. The first-order valence-corrected chi connectivity index (χ1v) is 14.1.